The molecule has 0 aliphatic heterocycles. The minimum absolute atomic E-state index is 0.234. The van der Waals surface area contributed by atoms with Crippen molar-refractivity contribution >= 4 is 32.8 Å². The third-order valence-corrected chi connectivity index (χ3v) is 3.35. The van der Waals surface area contributed by atoms with E-state index in [1.54, 1.807) is 6.92 Å². The van der Waals surface area contributed by atoms with Crippen LogP contribution in [-0.4, -0.2) is 24.1 Å². The molecular formula is C13H15BrN2O2. The van der Waals surface area contributed by atoms with Crippen molar-refractivity contribution in [2.45, 2.75) is 12.8 Å². The molecular weight excluding hydrogens is 296 g/mol. The average Bonchev–Trinajstić information content (AvgIpc) is 2.74. The minimum Gasteiger partial charge on any atom is -0.465 e. The van der Waals surface area contributed by atoms with Crippen molar-refractivity contribution in [3.05, 3.63) is 34.4 Å². The third kappa shape index (κ3) is 2.42. The average molecular weight is 311 g/mol. The van der Waals surface area contributed by atoms with Crippen LogP contribution in [0.3, 0.4) is 0 Å². The molecule has 0 saturated heterocycles. The van der Waals surface area contributed by atoms with Crippen LogP contribution in [0.1, 0.15) is 18.4 Å². The van der Waals surface area contributed by atoms with Crippen LogP contribution in [-0.2, 0) is 9.53 Å². The number of carbonyl (C=O) groups excluding carboxylic acids is 1. The Kier molecular flexibility index (Phi) is 4.04. The number of aromatic nitrogens is 1. The number of aromatic amines is 1. The van der Waals surface area contributed by atoms with Gasteiger partial charge < -0.3 is 15.5 Å². The van der Waals surface area contributed by atoms with E-state index in [4.69, 9.17) is 10.5 Å². The number of hydrogen-bond donors (Lipinski definition) is 2. The van der Waals surface area contributed by atoms with Crippen molar-refractivity contribution in [3.8, 4) is 0 Å². The van der Waals surface area contributed by atoms with Gasteiger partial charge in [0.15, 0.2) is 0 Å². The fourth-order valence-corrected chi connectivity index (χ4v) is 2.36. The molecule has 0 radical (unpaired) electrons. The lowest BCUT2D eigenvalue weighted by Gasteiger charge is -2.12. The maximum absolute atomic E-state index is 11.9. The van der Waals surface area contributed by atoms with Crippen LogP contribution in [0.15, 0.2) is 28.9 Å². The Hall–Kier alpha value is -1.33. The second kappa shape index (κ2) is 5.54. The fraction of sp³-hybridized carbons (Fsp3) is 0.308. The number of H-pyrrole nitrogens is 1. The van der Waals surface area contributed by atoms with Gasteiger partial charge in [-0.15, -0.1) is 0 Å². The lowest BCUT2D eigenvalue weighted by atomic mass is 9.99. The Labute approximate surface area is 114 Å². The minimum atomic E-state index is -0.423. The van der Waals surface area contributed by atoms with E-state index in [0.29, 0.717) is 6.61 Å². The summed E-state index contributed by atoms with van der Waals surface area (Å²) in [5, 5.41) is 0.993. The molecule has 0 aliphatic carbocycles. The van der Waals surface area contributed by atoms with Crippen molar-refractivity contribution in [1.82, 2.24) is 4.98 Å². The summed E-state index contributed by atoms with van der Waals surface area (Å²) in [5.41, 5.74) is 7.56. The van der Waals surface area contributed by atoms with Gasteiger partial charge >= 0.3 is 5.97 Å². The van der Waals surface area contributed by atoms with Gasteiger partial charge in [-0.25, -0.2) is 0 Å². The van der Waals surface area contributed by atoms with Crippen LogP contribution in [0.5, 0.6) is 0 Å². The molecule has 1 aromatic heterocycles. The van der Waals surface area contributed by atoms with Crippen LogP contribution in [0.25, 0.3) is 10.9 Å². The zero-order valence-corrected chi connectivity index (χ0v) is 11.7. The summed E-state index contributed by atoms with van der Waals surface area (Å²) in [6.07, 6.45) is 1.82. The molecule has 5 heteroatoms. The molecule has 0 saturated carbocycles. The Morgan fingerprint density at radius 1 is 1.56 bits per heavy atom. The van der Waals surface area contributed by atoms with Crippen LogP contribution in [0.4, 0.5) is 0 Å². The molecule has 1 unspecified atom stereocenters. The number of esters is 1. The largest absolute Gasteiger partial charge is 0.465 e. The van der Waals surface area contributed by atoms with Gasteiger partial charge in [0, 0.05) is 28.1 Å². The van der Waals surface area contributed by atoms with Crippen molar-refractivity contribution in [2.24, 2.45) is 5.73 Å². The van der Waals surface area contributed by atoms with Gasteiger partial charge in [-0.2, -0.15) is 0 Å². The first kappa shape index (κ1) is 13.1. The Balaban J connectivity index is 2.45. The SMILES string of the molecule is CCOC(=O)C(CN)c1c[nH]c2ccc(Br)cc12. The monoisotopic (exact) mass is 310 g/mol. The number of ether oxygens (including phenoxy) is 1. The standard InChI is InChI=1S/C13H15BrN2O2/c1-2-18-13(17)10(6-15)11-7-16-12-4-3-8(14)5-9(11)12/h3-5,7,10,16H,2,6,15H2,1H3. The number of nitrogens with two attached hydrogens (primary N) is 1. The first-order valence-electron chi connectivity index (χ1n) is 5.80. The van der Waals surface area contributed by atoms with E-state index in [1.165, 1.54) is 0 Å². The van der Waals surface area contributed by atoms with E-state index in [0.717, 1.165) is 20.9 Å². The zero-order valence-electron chi connectivity index (χ0n) is 10.1. The second-order valence-electron chi connectivity index (χ2n) is 3.97. The summed E-state index contributed by atoms with van der Waals surface area (Å²) >= 11 is 3.43. The number of benzene rings is 1. The number of nitrogens with one attached hydrogen (secondary N) is 1. The second-order valence-corrected chi connectivity index (χ2v) is 4.89. The van der Waals surface area contributed by atoms with Gasteiger partial charge in [-0.05, 0) is 30.7 Å². The van der Waals surface area contributed by atoms with Crippen LogP contribution in [0.2, 0.25) is 0 Å². The smallest absolute Gasteiger partial charge is 0.314 e. The zero-order chi connectivity index (χ0) is 13.1. The topological polar surface area (TPSA) is 68.1 Å². The molecule has 4 nitrogen and oxygen atoms in total. The first-order valence-corrected chi connectivity index (χ1v) is 6.60. The summed E-state index contributed by atoms with van der Waals surface area (Å²) in [6, 6.07) is 5.88. The lowest BCUT2D eigenvalue weighted by Crippen LogP contribution is -2.23. The number of hydrogen-bond acceptors (Lipinski definition) is 3. The van der Waals surface area contributed by atoms with E-state index in [-0.39, 0.29) is 12.5 Å². The van der Waals surface area contributed by atoms with E-state index >= 15 is 0 Å². The maximum atomic E-state index is 11.9. The summed E-state index contributed by atoms with van der Waals surface area (Å²) in [6.45, 7) is 2.39. The Morgan fingerprint density at radius 2 is 2.33 bits per heavy atom. The molecule has 2 aromatic rings. The first-order chi connectivity index (χ1) is 8.67. The van der Waals surface area contributed by atoms with Gasteiger partial charge in [0.05, 0.1) is 12.5 Å². The maximum Gasteiger partial charge on any atom is 0.314 e. The van der Waals surface area contributed by atoms with Gasteiger partial charge in [0.2, 0.25) is 0 Å². The molecule has 18 heavy (non-hydrogen) atoms. The number of fused-ring (bicyclic) bond motifs is 1. The van der Waals surface area contributed by atoms with Gasteiger partial charge in [-0.1, -0.05) is 15.9 Å². The predicted molar refractivity (Wildman–Crippen MR) is 74.4 cm³/mol. The predicted octanol–water partition coefficient (Wildman–Crippen LogP) is 2.54. The molecule has 3 N–H and O–H groups in total. The summed E-state index contributed by atoms with van der Waals surface area (Å²) in [4.78, 5) is 15.0. The van der Waals surface area contributed by atoms with E-state index < -0.39 is 5.92 Å². The van der Waals surface area contributed by atoms with Crippen molar-refractivity contribution in [1.29, 1.82) is 0 Å². The van der Waals surface area contributed by atoms with Gasteiger partial charge in [0.25, 0.3) is 0 Å². The van der Waals surface area contributed by atoms with Crippen LogP contribution >= 0.6 is 15.9 Å². The summed E-state index contributed by atoms with van der Waals surface area (Å²) in [5.74, 6) is -0.700. The highest BCUT2D eigenvalue weighted by Gasteiger charge is 2.23. The van der Waals surface area contributed by atoms with Crippen LogP contribution < -0.4 is 5.73 Å². The highest BCUT2D eigenvalue weighted by atomic mass is 79.9. The molecule has 0 fully saturated rings. The number of halogens is 1. The third-order valence-electron chi connectivity index (χ3n) is 2.86. The normalized spacial score (nSPS) is 12.6. The molecule has 0 bridgehead atoms. The van der Waals surface area contributed by atoms with Crippen LogP contribution in [0, 0.1) is 0 Å². The Bertz CT molecular complexity index is 565. The molecule has 1 atom stereocenters. The molecule has 0 spiro atoms. The van der Waals surface area contributed by atoms with E-state index in [1.807, 2.05) is 24.4 Å². The van der Waals surface area contributed by atoms with E-state index in [9.17, 15) is 4.79 Å². The summed E-state index contributed by atoms with van der Waals surface area (Å²) < 4.78 is 6.02. The highest BCUT2D eigenvalue weighted by Crippen LogP contribution is 2.28. The number of carbonyl (C=O) groups is 1. The van der Waals surface area contributed by atoms with Crippen molar-refractivity contribution in [3.63, 3.8) is 0 Å². The van der Waals surface area contributed by atoms with Gasteiger partial charge in [-0.3, -0.25) is 4.79 Å². The molecule has 0 aliphatic rings. The van der Waals surface area contributed by atoms with Crippen molar-refractivity contribution in [2.75, 3.05) is 13.2 Å². The number of rotatable bonds is 4. The quantitative estimate of drug-likeness (QED) is 0.853. The highest BCUT2D eigenvalue weighted by molar-refractivity contribution is 9.10. The Morgan fingerprint density at radius 3 is 3.00 bits per heavy atom. The molecule has 0 amide bonds. The molecule has 1 heterocycles. The van der Waals surface area contributed by atoms with E-state index in [2.05, 4.69) is 20.9 Å². The van der Waals surface area contributed by atoms with Gasteiger partial charge in [0.1, 0.15) is 0 Å². The molecule has 96 valence electrons. The van der Waals surface area contributed by atoms with Crippen molar-refractivity contribution < 1.29 is 9.53 Å². The molecule has 2 rings (SSSR count). The fourth-order valence-electron chi connectivity index (χ4n) is 2.00. The lowest BCUT2D eigenvalue weighted by molar-refractivity contribution is -0.144. The summed E-state index contributed by atoms with van der Waals surface area (Å²) in [7, 11) is 0. The molecule has 1 aromatic carbocycles.